The number of ether oxygens (including phenoxy) is 1. The van der Waals surface area contributed by atoms with Gasteiger partial charge in [0.05, 0.1) is 13.2 Å². The first-order valence-corrected chi connectivity index (χ1v) is 7.45. The van der Waals surface area contributed by atoms with Crippen LogP contribution in [0.2, 0.25) is 0 Å². The molecular weight excluding hydrogens is 266 g/mol. The van der Waals surface area contributed by atoms with Crippen LogP contribution in [-0.4, -0.2) is 23.8 Å². The third-order valence-corrected chi connectivity index (χ3v) is 4.06. The summed E-state index contributed by atoms with van der Waals surface area (Å²) in [6.45, 7) is 3.24. The van der Waals surface area contributed by atoms with Crippen molar-refractivity contribution in [2.75, 3.05) is 13.7 Å². The van der Waals surface area contributed by atoms with Gasteiger partial charge in [0.2, 0.25) is 5.89 Å². The molecule has 5 heteroatoms. The Labute approximate surface area is 124 Å². The zero-order valence-electron chi connectivity index (χ0n) is 12.5. The van der Waals surface area contributed by atoms with Crippen molar-refractivity contribution >= 4 is 0 Å². The van der Waals surface area contributed by atoms with Crippen LogP contribution in [0.15, 0.2) is 28.8 Å². The smallest absolute Gasteiger partial charge is 0.244 e. The quantitative estimate of drug-likeness (QED) is 0.937. The van der Waals surface area contributed by atoms with E-state index in [4.69, 9.17) is 9.26 Å². The average molecular weight is 287 g/mol. The zero-order valence-corrected chi connectivity index (χ0v) is 12.5. The molecule has 1 aliphatic rings. The largest absolute Gasteiger partial charge is 0.496 e. The molecule has 0 saturated carbocycles. The second kappa shape index (κ2) is 6.26. The molecule has 0 spiro atoms. The monoisotopic (exact) mass is 287 g/mol. The highest BCUT2D eigenvalue weighted by Gasteiger charge is 2.27. The third kappa shape index (κ3) is 3.08. The Kier molecular flexibility index (Phi) is 4.20. The summed E-state index contributed by atoms with van der Waals surface area (Å²) in [4.78, 5) is 4.56. The van der Waals surface area contributed by atoms with E-state index in [9.17, 15) is 0 Å². The maximum absolute atomic E-state index is 5.46. The fourth-order valence-corrected chi connectivity index (χ4v) is 2.87. The number of methoxy groups -OCH3 is 1. The molecule has 112 valence electrons. The third-order valence-electron chi connectivity index (χ3n) is 4.06. The second-order valence-electron chi connectivity index (χ2n) is 5.59. The molecule has 0 amide bonds. The number of piperidine rings is 1. The first-order chi connectivity index (χ1) is 10.3. The summed E-state index contributed by atoms with van der Waals surface area (Å²) in [5.74, 6) is 2.78. The molecule has 1 aromatic carbocycles. The topological polar surface area (TPSA) is 60.2 Å². The van der Waals surface area contributed by atoms with E-state index >= 15 is 0 Å². The van der Waals surface area contributed by atoms with Gasteiger partial charge < -0.3 is 14.6 Å². The standard InChI is InChI=1S/C16H21N3O2/c1-11-6-5-9-17-15(11)16-18-14(19-21-16)10-12-7-3-4-8-13(12)20-2/h3-4,7-8,11,15,17H,5-6,9-10H2,1-2H3. The second-order valence-corrected chi connectivity index (χ2v) is 5.59. The lowest BCUT2D eigenvalue weighted by Crippen LogP contribution is -2.33. The van der Waals surface area contributed by atoms with Crippen LogP contribution in [0.5, 0.6) is 5.75 Å². The molecule has 2 atom stereocenters. The fraction of sp³-hybridized carbons (Fsp3) is 0.500. The number of nitrogens with one attached hydrogen (secondary N) is 1. The van der Waals surface area contributed by atoms with Crippen molar-refractivity contribution in [2.24, 2.45) is 5.92 Å². The van der Waals surface area contributed by atoms with Crippen molar-refractivity contribution in [2.45, 2.75) is 32.2 Å². The number of rotatable bonds is 4. The van der Waals surface area contributed by atoms with E-state index in [-0.39, 0.29) is 6.04 Å². The molecule has 3 rings (SSSR count). The van der Waals surface area contributed by atoms with Gasteiger partial charge in [0.15, 0.2) is 5.82 Å². The van der Waals surface area contributed by atoms with Gasteiger partial charge in [-0.05, 0) is 31.4 Å². The summed E-state index contributed by atoms with van der Waals surface area (Å²) in [5.41, 5.74) is 1.07. The first-order valence-electron chi connectivity index (χ1n) is 7.45. The van der Waals surface area contributed by atoms with E-state index in [1.165, 1.54) is 12.8 Å². The minimum Gasteiger partial charge on any atom is -0.496 e. The van der Waals surface area contributed by atoms with Crippen LogP contribution in [0.25, 0.3) is 0 Å². The van der Waals surface area contributed by atoms with E-state index in [0.717, 1.165) is 17.9 Å². The summed E-state index contributed by atoms with van der Waals surface area (Å²) in [5, 5.41) is 7.58. The van der Waals surface area contributed by atoms with Gasteiger partial charge in [-0.25, -0.2) is 0 Å². The molecule has 0 bridgehead atoms. The van der Waals surface area contributed by atoms with E-state index in [0.29, 0.717) is 24.1 Å². The number of nitrogens with zero attached hydrogens (tertiary/aromatic N) is 2. The summed E-state index contributed by atoms with van der Waals surface area (Å²) in [6.07, 6.45) is 3.02. The fourth-order valence-electron chi connectivity index (χ4n) is 2.87. The van der Waals surface area contributed by atoms with Crippen LogP contribution in [-0.2, 0) is 6.42 Å². The van der Waals surface area contributed by atoms with Gasteiger partial charge in [0.1, 0.15) is 5.75 Å². The van der Waals surface area contributed by atoms with E-state index in [2.05, 4.69) is 22.4 Å². The summed E-state index contributed by atoms with van der Waals surface area (Å²) >= 11 is 0. The van der Waals surface area contributed by atoms with Crippen molar-refractivity contribution in [3.63, 3.8) is 0 Å². The van der Waals surface area contributed by atoms with Crippen LogP contribution >= 0.6 is 0 Å². The highest BCUT2D eigenvalue weighted by atomic mass is 16.5. The molecule has 0 radical (unpaired) electrons. The molecule has 1 aromatic heterocycles. The van der Waals surface area contributed by atoms with Gasteiger partial charge in [-0.3, -0.25) is 0 Å². The minimum absolute atomic E-state index is 0.178. The van der Waals surface area contributed by atoms with Gasteiger partial charge in [-0.2, -0.15) is 4.98 Å². The normalized spacial score (nSPS) is 22.2. The molecular formula is C16H21N3O2. The molecule has 5 nitrogen and oxygen atoms in total. The lowest BCUT2D eigenvalue weighted by Gasteiger charge is -2.26. The predicted octanol–water partition coefficient (Wildman–Crippen LogP) is 2.73. The van der Waals surface area contributed by atoms with E-state index in [1.807, 2.05) is 24.3 Å². The van der Waals surface area contributed by atoms with Crippen LogP contribution in [0.4, 0.5) is 0 Å². The van der Waals surface area contributed by atoms with Crippen molar-refractivity contribution < 1.29 is 9.26 Å². The molecule has 2 heterocycles. The maximum Gasteiger partial charge on any atom is 0.244 e. The highest BCUT2D eigenvalue weighted by molar-refractivity contribution is 5.35. The van der Waals surface area contributed by atoms with Crippen LogP contribution in [0, 0.1) is 5.92 Å². The zero-order chi connectivity index (χ0) is 14.7. The summed E-state index contributed by atoms with van der Waals surface area (Å²) in [6, 6.07) is 8.09. The van der Waals surface area contributed by atoms with Crippen LogP contribution in [0.1, 0.15) is 43.1 Å². The summed E-state index contributed by atoms with van der Waals surface area (Å²) < 4.78 is 10.8. The predicted molar refractivity (Wildman–Crippen MR) is 79.2 cm³/mol. The van der Waals surface area contributed by atoms with E-state index in [1.54, 1.807) is 7.11 Å². The maximum atomic E-state index is 5.46. The van der Waals surface area contributed by atoms with Gasteiger partial charge in [-0.1, -0.05) is 30.3 Å². The van der Waals surface area contributed by atoms with E-state index < -0.39 is 0 Å². The molecule has 1 fully saturated rings. The molecule has 1 aliphatic heterocycles. The molecule has 2 aromatic rings. The lowest BCUT2D eigenvalue weighted by molar-refractivity contribution is 0.239. The Morgan fingerprint density at radius 3 is 3.05 bits per heavy atom. The Hall–Kier alpha value is -1.88. The van der Waals surface area contributed by atoms with Gasteiger partial charge in [0.25, 0.3) is 0 Å². The average Bonchev–Trinajstić information content (AvgIpc) is 2.96. The van der Waals surface area contributed by atoms with Gasteiger partial charge >= 0.3 is 0 Å². The van der Waals surface area contributed by atoms with Crippen molar-refractivity contribution in [3.8, 4) is 5.75 Å². The summed E-state index contributed by atoms with van der Waals surface area (Å²) in [7, 11) is 1.67. The lowest BCUT2D eigenvalue weighted by atomic mass is 9.93. The SMILES string of the molecule is COc1ccccc1Cc1noc(C2NCCCC2C)n1. The number of para-hydroxylation sites is 1. The highest BCUT2D eigenvalue weighted by Crippen LogP contribution is 2.28. The van der Waals surface area contributed by atoms with Crippen LogP contribution in [0.3, 0.4) is 0 Å². The van der Waals surface area contributed by atoms with Gasteiger partial charge in [0, 0.05) is 12.0 Å². The number of hydrogen-bond acceptors (Lipinski definition) is 5. The van der Waals surface area contributed by atoms with Gasteiger partial charge in [-0.15, -0.1) is 0 Å². The van der Waals surface area contributed by atoms with Crippen LogP contribution < -0.4 is 10.1 Å². The Balaban J connectivity index is 1.76. The molecule has 0 aliphatic carbocycles. The molecule has 21 heavy (non-hydrogen) atoms. The van der Waals surface area contributed by atoms with Crippen molar-refractivity contribution in [3.05, 3.63) is 41.5 Å². The van der Waals surface area contributed by atoms with Crippen molar-refractivity contribution in [1.82, 2.24) is 15.5 Å². The Bertz CT molecular complexity index is 597. The minimum atomic E-state index is 0.178. The number of aromatic nitrogens is 2. The molecule has 1 saturated heterocycles. The first kappa shape index (κ1) is 14.1. The molecule has 1 N–H and O–H groups in total. The number of hydrogen-bond donors (Lipinski definition) is 1. The van der Waals surface area contributed by atoms with Crippen molar-refractivity contribution in [1.29, 1.82) is 0 Å². The Morgan fingerprint density at radius 1 is 1.38 bits per heavy atom. The Morgan fingerprint density at radius 2 is 2.24 bits per heavy atom. The molecule has 2 unspecified atom stereocenters. The number of benzene rings is 1.